The first-order chi connectivity index (χ1) is 12.8. The van der Waals surface area contributed by atoms with Crippen LogP contribution in [0.2, 0.25) is 0 Å². The number of piperidine rings is 2. The van der Waals surface area contributed by atoms with Crippen molar-refractivity contribution in [1.29, 1.82) is 0 Å². The number of amides is 1. The highest BCUT2D eigenvalue weighted by Crippen LogP contribution is 2.41. The predicted octanol–water partition coefficient (Wildman–Crippen LogP) is 2.06. The van der Waals surface area contributed by atoms with Crippen molar-refractivity contribution in [2.24, 2.45) is 5.41 Å². The number of nitrogens with zero attached hydrogens (tertiary/aromatic N) is 2. The van der Waals surface area contributed by atoms with E-state index in [1.54, 1.807) is 25.1 Å². The van der Waals surface area contributed by atoms with Gasteiger partial charge in [0.25, 0.3) is 0 Å². The lowest BCUT2D eigenvalue weighted by Gasteiger charge is -2.48. The minimum Gasteiger partial charge on any atom is -0.480 e. The van der Waals surface area contributed by atoms with Gasteiger partial charge in [0.2, 0.25) is 5.91 Å². The fourth-order valence-corrected chi connectivity index (χ4v) is 4.19. The minimum atomic E-state index is -0.962. The number of aliphatic carboxylic acids is 1. The SMILES string of the molecule is C[C@H](C(=O)O)N1CC2(CCC1=O)CCN(Cc1cccc(C(=O)O)c1)CC2. The lowest BCUT2D eigenvalue weighted by molar-refractivity contribution is -0.155. The van der Waals surface area contributed by atoms with Crippen LogP contribution in [0.15, 0.2) is 24.3 Å². The summed E-state index contributed by atoms with van der Waals surface area (Å²) in [6.45, 7) is 4.51. The normalized spacial score (nSPS) is 21.2. The molecule has 2 saturated heterocycles. The van der Waals surface area contributed by atoms with Gasteiger partial charge in [0.1, 0.15) is 6.04 Å². The van der Waals surface area contributed by atoms with Gasteiger partial charge in [-0.15, -0.1) is 0 Å². The van der Waals surface area contributed by atoms with E-state index in [9.17, 15) is 19.5 Å². The maximum atomic E-state index is 12.2. The van der Waals surface area contributed by atoms with Crippen LogP contribution in [-0.4, -0.2) is 63.5 Å². The van der Waals surface area contributed by atoms with Crippen molar-refractivity contribution in [2.45, 2.75) is 45.2 Å². The molecule has 0 aromatic heterocycles. The number of aromatic carboxylic acids is 1. The van der Waals surface area contributed by atoms with Crippen LogP contribution >= 0.6 is 0 Å². The van der Waals surface area contributed by atoms with Crippen molar-refractivity contribution < 1.29 is 24.6 Å². The van der Waals surface area contributed by atoms with Gasteiger partial charge >= 0.3 is 11.9 Å². The predicted molar refractivity (Wildman–Crippen MR) is 98.4 cm³/mol. The summed E-state index contributed by atoms with van der Waals surface area (Å²) < 4.78 is 0. The first-order valence-corrected chi connectivity index (χ1v) is 9.37. The second-order valence-electron chi connectivity index (χ2n) is 7.82. The van der Waals surface area contributed by atoms with E-state index in [4.69, 9.17) is 5.11 Å². The highest BCUT2D eigenvalue weighted by atomic mass is 16.4. The molecule has 0 saturated carbocycles. The summed E-state index contributed by atoms with van der Waals surface area (Å²) >= 11 is 0. The molecule has 0 bridgehead atoms. The standard InChI is InChI=1S/C20H26N2O5/c1-14(18(24)25)22-13-20(6-5-17(22)23)7-9-21(10-8-20)12-15-3-2-4-16(11-15)19(26)27/h2-4,11,14H,5-10,12-13H2,1H3,(H,24,25)(H,26,27)/t14-/m1/s1. The lowest BCUT2D eigenvalue weighted by atomic mass is 9.72. The van der Waals surface area contributed by atoms with Crippen LogP contribution < -0.4 is 0 Å². The minimum absolute atomic E-state index is 0.00294. The van der Waals surface area contributed by atoms with Crippen molar-refractivity contribution in [1.82, 2.24) is 9.80 Å². The molecule has 1 amide bonds. The van der Waals surface area contributed by atoms with E-state index in [2.05, 4.69) is 4.90 Å². The quantitative estimate of drug-likeness (QED) is 0.819. The summed E-state index contributed by atoms with van der Waals surface area (Å²) in [5, 5.41) is 18.4. The van der Waals surface area contributed by atoms with Crippen molar-refractivity contribution >= 4 is 17.8 Å². The Kier molecular flexibility index (Phi) is 5.51. The molecule has 27 heavy (non-hydrogen) atoms. The van der Waals surface area contributed by atoms with Gasteiger partial charge in [0, 0.05) is 19.5 Å². The van der Waals surface area contributed by atoms with Crippen molar-refractivity contribution in [3.8, 4) is 0 Å². The van der Waals surface area contributed by atoms with E-state index in [-0.39, 0.29) is 11.3 Å². The fraction of sp³-hybridized carbons (Fsp3) is 0.550. The first kappa shape index (κ1) is 19.4. The first-order valence-electron chi connectivity index (χ1n) is 9.37. The molecule has 3 rings (SSSR count). The molecule has 0 unspecified atom stereocenters. The van der Waals surface area contributed by atoms with E-state index in [1.807, 2.05) is 6.07 Å². The Morgan fingerprint density at radius 2 is 1.89 bits per heavy atom. The van der Waals surface area contributed by atoms with Gasteiger partial charge in [0.15, 0.2) is 0 Å². The molecule has 2 aliphatic heterocycles. The maximum absolute atomic E-state index is 12.2. The number of rotatable bonds is 5. The molecule has 1 aromatic carbocycles. The lowest BCUT2D eigenvalue weighted by Crippen LogP contribution is -2.55. The number of hydrogen-bond donors (Lipinski definition) is 2. The monoisotopic (exact) mass is 374 g/mol. The summed E-state index contributed by atoms with van der Waals surface area (Å²) in [4.78, 5) is 38.4. The smallest absolute Gasteiger partial charge is 0.335 e. The van der Waals surface area contributed by atoms with Gasteiger partial charge in [-0.05, 0) is 62.4 Å². The van der Waals surface area contributed by atoms with E-state index in [1.165, 1.54) is 4.90 Å². The largest absolute Gasteiger partial charge is 0.480 e. The van der Waals surface area contributed by atoms with E-state index >= 15 is 0 Å². The van der Waals surface area contributed by atoms with Gasteiger partial charge in [-0.25, -0.2) is 9.59 Å². The van der Waals surface area contributed by atoms with Crippen LogP contribution in [0.3, 0.4) is 0 Å². The van der Waals surface area contributed by atoms with Gasteiger partial charge < -0.3 is 15.1 Å². The number of hydrogen-bond acceptors (Lipinski definition) is 4. The average Bonchev–Trinajstić information content (AvgIpc) is 2.65. The summed E-state index contributed by atoms with van der Waals surface area (Å²) in [5.74, 6) is -1.95. The third kappa shape index (κ3) is 4.30. The van der Waals surface area contributed by atoms with E-state index in [0.29, 0.717) is 25.1 Å². The molecule has 2 heterocycles. The van der Waals surface area contributed by atoms with Crippen LogP contribution in [0.5, 0.6) is 0 Å². The summed E-state index contributed by atoms with van der Waals surface area (Å²) in [6, 6.07) is 6.22. The van der Waals surface area contributed by atoms with Gasteiger partial charge in [-0.2, -0.15) is 0 Å². The average molecular weight is 374 g/mol. The number of benzene rings is 1. The number of carboxylic acid groups (broad SMARTS) is 2. The van der Waals surface area contributed by atoms with Crippen LogP contribution in [0, 0.1) is 5.41 Å². The number of carboxylic acids is 2. The van der Waals surface area contributed by atoms with Gasteiger partial charge in [-0.1, -0.05) is 12.1 Å². The molecule has 0 radical (unpaired) electrons. The topological polar surface area (TPSA) is 98.2 Å². The Labute approximate surface area is 158 Å². The fourth-order valence-electron chi connectivity index (χ4n) is 4.19. The molecule has 7 heteroatoms. The third-order valence-electron chi connectivity index (χ3n) is 6.02. The number of likely N-dealkylation sites (tertiary alicyclic amines) is 2. The zero-order valence-electron chi connectivity index (χ0n) is 15.6. The van der Waals surface area contributed by atoms with Crippen LogP contribution in [-0.2, 0) is 16.1 Å². The molecule has 2 fully saturated rings. The molecule has 0 aliphatic carbocycles. The maximum Gasteiger partial charge on any atom is 0.335 e. The third-order valence-corrected chi connectivity index (χ3v) is 6.02. The highest BCUT2D eigenvalue weighted by Gasteiger charge is 2.43. The molecule has 2 aliphatic rings. The van der Waals surface area contributed by atoms with Gasteiger partial charge in [0.05, 0.1) is 5.56 Å². The summed E-state index contributed by atoms with van der Waals surface area (Å²) in [5.41, 5.74) is 1.27. The second-order valence-corrected chi connectivity index (χ2v) is 7.82. The van der Waals surface area contributed by atoms with E-state index in [0.717, 1.165) is 37.9 Å². The molecule has 1 atom stereocenters. The molecule has 1 aromatic rings. The van der Waals surface area contributed by atoms with Crippen molar-refractivity contribution in [3.05, 3.63) is 35.4 Å². The van der Waals surface area contributed by atoms with Crippen LogP contribution in [0.4, 0.5) is 0 Å². The van der Waals surface area contributed by atoms with E-state index < -0.39 is 18.0 Å². The Morgan fingerprint density at radius 1 is 1.19 bits per heavy atom. The van der Waals surface area contributed by atoms with Gasteiger partial charge in [-0.3, -0.25) is 9.69 Å². The Bertz CT molecular complexity index is 740. The Hall–Kier alpha value is -2.41. The van der Waals surface area contributed by atoms with Crippen LogP contribution in [0.25, 0.3) is 0 Å². The zero-order chi connectivity index (χ0) is 19.6. The second kappa shape index (κ2) is 7.68. The zero-order valence-corrected chi connectivity index (χ0v) is 15.6. The molecule has 1 spiro atoms. The van der Waals surface area contributed by atoms with Crippen LogP contribution in [0.1, 0.15) is 48.5 Å². The molecule has 146 valence electrons. The molecular formula is C20H26N2O5. The Balaban J connectivity index is 1.61. The number of carbonyl (C=O) groups is 3. The molecular weight excluding hydrogens is 348 g/mol. The van der Waals surface area contributed by atoms with Crippen molar-refractivity contribution in [3.63, 3.8) is 0 Å². The molecule has 2 N–H and O–H groups in total. The highest BCUT2D eigenvalue weighted by molar-refractivity contribution is 5.87. The Morgan fingerprint density at radius 3 is 2.52 bits per heavy atom. The number of carbonyl (C=O) groups excluding carboxylic acids is 1. The summed E-state index contributed by atoms with van der Waals surface area (Å²) in [6.07, 6.45) is 3.07. The molecule has 7 nitrogen and oxygen atoms in total. The van der Waals surface area contributed by atoms with Crippen molar-refractivity contribution in [2.75, 3.05) is 19.6 Å². The summed E-state index contributed by atoms with van der Waals surface area (Å²) in [7, 11) is 0.